The minimum absolute atomic E-state index is 0.218. The molecule has 1 aromatic heterocycles. The molecule has 0 aliphatic heterocycles. The van der Waals surface area contributed by atoms with Gasteiger partial charge in [0.25, 0.3) is 0 Å². The Morgan fingerprint density at radius 2 is 2.18 bits per heavy atom. The first-order chi connectivity index (χ1) is 5.11. The summed E-state index contributed by atoms with van der Waals surface area (Å²) in [6.45, 7) is 0. The topological polar surface area (TPSA) is 93.7 Å². The summed E-state index contributed by atoms with van der Waals surface area (Å²) in [4.78, 5) is 10.1. The van der Waals surface area contributed by atoms with Crippen LogP contribution in [0.2, 0.25) is 0 Å². The van der Waals surface area contributed by atoms with E-state index < -0.39 is 18.0 Å². The van der Waals surface area contributed by atoms with Gasteiger partial charge in [-0.25, -0.2) is 0 Å². The molecule has 0 bridgehead atoms. The number of carboxylic acids is 1. The molecule has 1 heterocycles. The summed E-state index contributed by atoms with van der Waals surface area (Å²) in [7, 11) is 0. The van der Waals surface area contributed by atoms with Crippen molar-refractivity contribution in [2.45, 2.75) is 6.29 Å². The maximum Gasteiger partial charge on any atom is 0.212 e. The third-order valence-corrected chi connectivity index (χ3v) is 1.08. The van der Waals surface area contributed by atoms with Gasteiger partial charge in [-0.05, 0) is 12.1 Å². The molecule has 11 heavy (non-hydrogen) atoms. The summed E-state index contributed by atoms with van der Waals surface area (Å²) < 4.78 is 4.44. The first kappa shape index (κ1) is 7.77. The number of rotatable bonds is 2. The fourth-order valence-corrected chi connectivity index (χ4v) is 0.601. The molecule has 0 spiro atoms. The summed E-state index contributed by atoms with van der Waals surface area (Å²) in [5.41, 5.74) is 0. The van der Waals surface area contributed by atoms with E-state index in [-0.39, 0.29) is 5.76 Å². The number of aromatic carboxylic acids is 1. The van der Waals surface area contributed by atoms with Gasteiger partial charge < -0.3 is 24.5 Å². The summed E-state index contributed by atoms with van der Waals surface area (Å²) >= 11 is 0. The molecule has 1 rings (SSSR count). The number of aliphatic hydroxyl groups is 2. The molecule has 0 aliphatic carbocycles. The quantitative estimate of drug-likeness (QED) is 0.516. The Morgan fingerprint density at radius 1 is 1.55 bits per heavy atom. The largest absolute Gasteiger partial charge is 0.542 e. The summed E-state index contributed by atoms with van der Waals surface area (Å²) in [5, 5.41) is 27.0. The monoisotopic (exact) mass is 157 g/mol. The van der Waals surface area contributed by atoms with Crippen LogP contribution in [-0.2, 0) is 0 Å². The minimum Gasteiger partial charge on any atom is -0.542 e. The SMILES string of the molecule is O=C([O-])c1ccc(C(O)O)o1. The van der Waals surface area contributed by atoms with Crippen LogP contribution in [0.15, 0.2) is 16.5 Å². The highest BCUT2D eigenvalue weighted by Crippen LogP contribution is 2.12. The van der Waals surface area contributed by atoms with E-state index in [1.807, 2.05) is 0 Å². The molecule has 5 heteroatoms. The molecule has 0 saturated heterocycles. The third-order valence-electron chi connectivity index (χ3n) is 1.08. The van der Waals surface area contributed by atoms with Crippen LogP contribution in [0.3, 0.4) is 0 Å². The van der Waals surface area contributed by atoms with Crippen LogP contribution in [0.25, 0.3) is 0 Å². The van der Waals surface area contributed by atoms with Crippen molar-refractivity contribution in [1.29, 1.82) is 0 Å². The molecule has 60 valence electrons. The number of carbonyl (C=O) groups excluding carboxylic acids is 1. The van der Waals surface area contributed by atoms with Gasteiger partial charge in [0.1, 0.15) is 11.7 Å². The Balaban J connectivity index is 2.90. The van der Waals surface area contributed by atoms with Gasteiger partial charge in [-0.2, -0.15) is 0 Å². The maximum atomic E-state index is 10.1. The van der Waals surface area contributed by atoms with E-state index in [2.05, 4.69) is 4.42 Å². The van der Waals surface area contributed by atoms with Gasteiger partial charge in [0, 0.05) is 0 Å². The first-order valence-corrected chi connectivity index (χ1v) is 2.78. The molecule has 0 fully saturated rings. The molecule has 0 saturated carbocycles. The van der Waals surface area contributed by atoms with Crippen LogP contribution in [0.4, 0.5) is 0 Å². The standard InChI is InChI=1S/C6H6O5/c7-5(8)3-1-2-4(11-3)6(9)10/h1-2,5,7-8H,(H,9,10)/p-1. The number of hydrogen-bond acceptors (Lipinski definition) is 5. The highest BCUT2D eigenvalue weighted by molar-refractivity contribution is 5.82. The lowest BCUT2D eigenvalue weighted by molar-refractivity contribution is -0.257. The van der Waals surface area contributed by atoms with E-state index in [0.29, 0.717) is 0 Å². The predicted molar refractivity (Wildman–Crippen MR) is 30.2 cm³/mol. The number of carbonyl (C=O) groups is 1. The molecular formula is C6H5O5-. The van der Waals surface area contributed by atoms with E-state index in [0.717, 1.165) is 12.1 Å². The van der Waals surface area contributed by atoms with E-state index in [9.17, 15) is 9.90 Å². The Hall–Kier alpha value is -1.33. The normalized spacial score (nSPS) is 10.5. The molecule has 2 N–H and O–H groups in total. The second-order valence-electron chi connectivity index (χ2n) is 1.86. The second-order valence-corrected chi connectivity index (χ2v) is 1.86. The van der Waals surface area contributed by atoms with Crippen molar-refractivity contribution < 1.29 is 24.5 Å². The van der Waals surface area contributed by atoms with Gasteiger partial charge >= 0.3 is 0 Å². The molecule has 5 nitrogen and oxygen atoms in total. The van der Waals surface area contributed by atoms with Crippen molar-refractivity contribution in [3.05, 3.63) is 23.7 Å². The number of hydrogen-bond donors (Lipinski definition) is 2. The van der Waals surface area contributed by atoms with Gasteiger partial charge in [-0.15, -0.1) is 0 Å². The molecule has 0 aliphatic rings. The third kappa shape index (κ3) is 1.57. The van der Waals surface area contributed by atoms with Crippen molar-refractivity contribution in [3.8, 4) is 0 Å². The Bertz CT molecular complexity index is 262. The van der Waals surface area contributed by atoms with Crippen LogP contribution < -0.4 is 5.11 Å². The van der Waals surface area contributed by atoms with Gasteiger partial charge in [0.15, 0.2) is 5.76 Å². The molecule has 0 atom stereocenters. The van der Waals surface area contributed by atoms with Crippen molar-refractivity contribution in [2.75, 3.05) is 0 Å². The van der Waals surface area contributed by atoms with Crippen LogP contribution in [0, 0.1) is 0 Å². The van der Waals surface area contributed by atoms with Gasteiger partial charge in [-0.1, -0.05) is 0 Å². The summed E-state index contributed by atoms with van der Waals surface area (Å²) in [5.74, 6) is -2.13. The highest BCUT2D eigenvalue weighted by atomic mass is 16.5. The number of aliphatic hydroxyl groups excluding tert-OH is 1. The van der Waals surface area contributed by atoms with E-state index in [1.165, 1.54) is 0 Å². The zero-order valence-corrected chi connectivity index (χ0v) is 5.35. The maximum absolute atomic E-state index is 10.1. The number of carboxylic acid groups (broad SMARTS) is 1. The van der Waals surface area contributed by atoms with Crippen LogP contribution in [0.1, 0.15) is 22.6 Å². The van der Waals surface area contributed by atoms with E-state index in [4.69, 9.17) is 10.2 Å². The van der Waals surface area contributed by atoms with Gasteiger partial charge in [0.05, 0.1) is 0 Å². The van der Waals surface area contributed by atoms with Crippen molar-refractivity contribution >= 4 is 5.97 Å². The van der Waals surface area contributed by atoms with Crippen LogP contribution in [-0.4, -0.2) is 16.2 Å². The fraction of sp³-hybridized carbons (Fsp3) is 0.167. The average Bonchev–Trinajstić information content (AvgIpc) is 2.33. The van der Waals surface area contributed by atoms with Crippen LogP contribution in [0.5, 0.6) is 0 Å². The minimum atomic E-state index is -1.79. The Morgan fingerprint density at radius 3 is 2.45 bits per heavy atom. The first-order valence-electron chi connectivity index (χ1n) is 2.78. The number of furan rings is 1. The molecule has 1 aromatic rings. The summed E-state index contributed by atoms with van der Waals surface area (Å²) in [6.07, 6.45) is -1.79. The molecule has 0 radical (unpaired) electrons. The highest BCUT2D eigenvalue weighted by Gasteiger charge is 2.08. The molecule has 0 aromatic carbocycles. The van der Waals surface area contributed by atoms with Gasteiger partial charge in [-0.3, -0.25) is 0 Å². The van der Waals surface area contributed by atoms with Gasteiger partial charge in [0.2, 0.25) is 6.29 Å². The Labute approximate surface area is 61.5 Å². The summed E-state index contributed by atoms with van der Waals surface area (Å²) in [6, 6.07) is 2.24. The van der Waals surface area contributed by atoms with Crippen molar-refractivity contribution in [3.63, 3.8) is 0 Å². The molecular weight excluding hydrogens is 152 g/mol. The van der Waals surface area contributed by atoms with Crippen molar-refractivity contribution in [1.82, 2.24) is 0 Å². The second kappa shape index (κ2) is 2.73. The fourth-order valence-electron chi connectivity index (χ4n) is 0.601. The van der Waals surface area contributed by atoms with Crippen molar-refractivity contribution in [2.24, 2.45) is 0 Å². The zero-order valence-electron chi connectivity index (χ0n) is 5.35. The lowest BCUT2D eigenvalue weighted by Crippen LogP contribution is -2.21. The smallest absolute Gasteiger partial charge is 0.212 e. The van der Waals surface area contributed by atoms with E-state index in [1.54, 1.807) is 0 Å². The average molecular weight is 157 g/mol. The zero-order chi connectivity index (χ0) is 8.43. The Kier molecular flexibility index (Phi) is 1.93. The lowest BCUT2D eigenvalue weighted by Gasteiger charge is -1.97. The lowest BCUT2D eigenvalue weighted by atomic mass is 10.4. The molecule has 0 unspecified atom stereocenters. The molecule has 0 amide bonds. The van der Waals surface area contributed by atoms with Crippen LogP contribution >= 0.6 is 0 Å². The predicted octanol–water partition coefficient (Wildman–Crippen LogP) is -1.37. The van der Waals surface area contributed by atoms with E-state index >= 15 is 0 Å².